The molecule has 0 aromatic heterocycles. The zero-order valence-corrected chi connectivity index (χ0v) is 25.1. The van der Waals surface area contributed by atoms with Crippen LogP contribution in [0.3, 0.4) is 0 Å². The molecule has 1 aliphatic carbocycles. The van der Waals surface area contributed by atoms with Gasteiger partial charge in [-0.3, -0.25) is 9.59 Å². The van der Waals surface area contributed by atoms with Crippen molar-refractivity contribution in [3.63, 3.8) is 0 Å². The Morgan fingerprint density at radius 2 is 1.62 bits per heavy atom. The molecular weight excluding hydrogens is 630 g/mol. The summed E-state index contributed by atoms with van der Waals surface area (Å²) < 4.78 is -1.05. The summed E-state index contributed by atoms with van der Waals surface area (Å²) in [4.78, 5) is 25.9. The second-order valence-electron chi connectivity index (χ2n) is 8.22. The van der Waals surface area contributed by atoms with E-state index in [9.17, 15) is 9.59 Å². The Kier molecular flexibility index (Phi) is 10.8. The zero-order chi connectivity index (χ0) is 28.5. The van der Waals surface area contributed by atoms with Gasteiger partial charge in [-0.1, -0.05) is 98.9 Å². The van der Waals surface area contributed by atoms with Crippen LogP contribution < -0.4 is 10.9 Å². The highest BCUT2D eigenvalue weighted by Gasteiger charge is 2.37. The van der Waals surface area contributed by atoms with Gasteiger partial charge in [0, 0.05) is 38.2 Å². The summed E-state index contributed by atoms with van der Waals surface area (Å²) in [5, 5.41) is 9.51. The number of hydrogen-bond donors (Lipinski definition) is 2. The molecule has 0 saturated carbocycles. The molecule has 2 atom stereocenters. The molecule has 3 aromatic rings. The minimum absolute atomic E-state index is 0.339. The van der Waals surface area contributed by atoms with Gasteiger partial charge in [0.1, 0.15) is 4.21 Å². The molecule has 1 aliphatic rings. The summed E-state index contributed by atoms with van der Waals surface area (Å²) in [7, 11) is 2.60. The molecule has 4 rings (SSSR count). The maximum atomic E-state index is 12.9. The second kappa shape index (κ2) is 14.3. The summed E-state index contributed by atoms with van der Waals surface area (Å²) in [6, 6.07) is 20.8. The summed E-state index contributed by atoms with van der Waals surface area (Å²) >= 11 is 25.4. The first kappa shape index (κ1) is 30.2. The normalized spacial score (nSPS) is 18.6. The molecule has 6 nitrogen and oxygen atoms in total. The standard InChI is InChI=1S/C28H20Cl4N4O2S2/c29-21-12-10-19(24(31)14-21)16-33-36-27(38)23-8-4-5-9-25(23)39-40-28(32)15-22(30)13-11-20(28)17-34-35-26(37)18-6-2-1-3-7-18/h1-17,20H,(H,35,37)(H,36,38)/b33-16-,34-17-/t20-,28+/m0/s1. The van der Waals surface area contributed by atoms with E-state index in [0.29, 0.717) is 36.7 Å². The van der Waals surface area contributed by atoms with Crippen LogP contribution in [0.2, 0.25) is 10.0 Å². The Hall–Kier alpha value is -2.72. The van der Waals surface area contributed by atoms with Gasteiger partial charge in [-0.15, -0.1) is 11.6 Å². The predicted octanol–water partition coefficient (Wildman–Crippen LogP) is 8.16. The number of halogens is 4. The maximum Gasteiger partial charge on any atom is 0.272 e. The van der Waals surface area contributed by atoms with Crippen LogP contribution in [0, 0.1) is 5.92 Å². The molecule has 0 fully saturated rings. The Morgan fingerprint density at radius 3 is 2.40 bits per heavy atom. The van der Waals surface area contributed by atoms with Crippen molar-refractivity contribution in [1.29, 1.82) is 0 Å². The molecule has 2 amide bonds. The molecule has 0 aliphatic heterocycles. The van der Waals surface area contributed by atoms with Gasteiger partial charge in [0.15, 0.2) is 0 Å². The molecule has 3 aromatic carbocycles. The molecule has 0 unspecified atom stereocenters. The lowest BCUT2D eigenvalue weighted by atomic mass is 10.0. The molecule has 2 N–H and O–H groups in total. The number of nitrogens with one attached hydrogen (secondary N) is 2. The number of alkyl halides is 1. The molecule has 0 heterocycles. The topological polar surface area (TPSA) is 82.9 Å². The lowest BCUT2D eigenvalue weighted by Gasteiger charge is -2.30. The van der Waals surface area contributed by atoms with Crippen LogP contribution in [-0.2, 0) is 0 Å². The average Bonchev–Trinajstić information content (AvgIpc) is 2.95. The Labute approximate surface area is 259 Å². The number of rotatable bonds is 9. The summed E-state index contributed by atoms with van der Waals surface area (Å²) in [6.07, 6.45) is 8.21. The third-order valence-corrected chi connectivity index (χ3v) is 9.96. The van der Waals surface area contributed by atoms with E-state index in [1.54, 1.807) is 85.1 Å². The second-order valence-corrected chi connectivity index (χ2v) is 12.8. The number of hydrazone groups is 2. The molecule has 0 saturated heterocycles. The summed E-state index contributed by atoms with van der Waals surface area (Å²) in [6.45, 7) is 0. The number of nitrogens with zero attached hydrogens (tertiary/aromatic N) is 2. The quantitative estimate of drug-likeness (QED) is 0.106. The fourth-order valence-electron chi connectivity index (χ4n) is 3.38. The fraction of sp³-hybridized carbons (Fsp3) is 0.0714. The van der Waals surface area contributed by atoms with Gasteiger partial charge in [-0.25, -0.2) is 10.9 Å². The van der Waals surface area contributed by atoms with Crippen LogP contribution in [0.15, 0.2) is 111 Å². The van der Waals surface area contributed by atoms with Crippen molar-refractivity contribution in [2.45, 2.75) is 9.10 Å². The van der Waals surface area contributed by atoms with Gasteiger partial charge in [0.05, 0.1) is 16.8 Å². The third-order valence-electron chi connectivity index (χ3n) is 5.41. The van der Waals surface area contributed by atoms with E-state index in [-0.39, 0.29) is 5.91 Å². The minimum atomic E-state index is -1.05. The van der Waals surface area contributed by atoms with E-state index in [4.69, 9.17) is 46.4 Å². The fourth-order valence-corrected chi connectivity index (χ4v) is 7.33. The van der Waals surface area contributed by atoms with Crippen molar-refractivity contribution in [2.75, 3.05) is 0 Å². The van der Waals surface area contributed by atoms with E-state index in [0.717, 1.165) is 0 Å². The molecule has 12 heteroatoms. The van der Waals surface area contributed by atoms with Crippen molar-refractivity contribution >= 4 is 92.2 Å². The van der Waals surface area contributed by atoms with Gasteiger partial charge in [-0.05, 0) is 48.6 Å². The smallest absolute Gasteiger partial charge is 0.267 e. The first-order valence-electron chi connectivity index (χ1n) is 11.6. The van der Waals surface area contributed by atoms with Crippen LogP contribution in [0.25, 0.3) is 0 Å². The number of carbonyl (C=O) groups excluding carboxylic acids is 2. The Balaban J connectivity index is 1.43. The van der Waals surface area contributed by atoms with Gasteiger partial charge in [0.2, 0.25) is 0 Å². The van der Waals surface area contributed by atoms with Crippen LogP contribution in [0.5, 0.6) is 0 Å². The number of benzene rings is 3. The highest BCUT2D eigenvalue weighted by atomic mass is 35.5. The maximum absolute atomic E-state index is 12.9. The highest BCUT2D eigenvalue weighted by Crippen LogP contribution is 2.51. The first-order chi connectivity index (χ1) is 19.2. The van der Waals surface area contributed by atoms with Crippen molar-refractivity contribution in [3.05, 3.63) is 123 Å². The molecule has 0 bridgehead atoms. The summed E-state index contributed by atoms with van der Waals surface area (Å²) in [5.41, 5.74) is 6.54. The third kappa shape index (κ3) is 8.16. The van der Waals surface area contributed by atoms with E-state index in [1.165, 1.54) is 27.8 Å². The van der Waals surface area contributed by atoms with E-state index < -0.39 is 16.0 Å². The predicted molar refractivity (Wildman–Crippen MR) is 169 cm³/mol. The van der Waals surface area contributed by atoms with Crippen LogP contribution >= 0.6 is 68.0 Å². The van der Waals surface area contributed by atoms with Gasteiger partial charge < -0.3 is 0 Å². The van der Waals surface area contributed by atoms with E-state index in [2.05, 4.69) is 21.1 Å². The molecule has 40 heavy (non-hydrogen) atoms. The Morgan fingerprint density at radius 1 is 0.900 bits per heavy atom. The van der Waals surface area contributed by atoms with Crippen molar-refractivity contribution in [2.24, 2.45) is 16.1 Å². The van der Waals surface area contributed by atoms with Crippen LogP contribution in [0.1, 0.15) is 26.3 Å². The highest BCUT2D eigenvalue weighted by molar-refractivity contribution is 8.77. The SMILES string of the molecule is O=C(N/N=C\[C@@H]1C=CC(Cl)=C[C@@]1(Cl)SSc1ccccc1C(=O)N/N=C\c1ccc(Cl)cc1Cl)c1ccccc1. The van der Waals surface area contributed by atoms with Gasteiger partial charge in [0.25, 0.3) is 11.8 Å². The molecule has 204 valence electrons. The number of hydrogen-bond acceptors (Lipinski definition) is 6. The number of amides is 2. The zero-order valence-electron chi connectivity index (χ0n) is 20.4. The number of carbonyl (C=O) groups is 2. The van der Waals surface area contributed by atoms with Gasteiger partial charge in [-0.2, -0.15) is 10.2 Å². The average molecular weight is 650 g/mol. The first-order valence-corrected chi connectivity index (χ1v) is 15.3. The van der Waals surface area contributed by atoms with Crippen LogP contribution in [0.4, 0.5) is 0 Å². The largest absolute Gasteiger partial charge is 0.272 e. The van der Waals surface area contributed by atoms with E-state index >= 15 is 0 Å². The van der Waals surface area contributed by atoms with Crippen LogP contribution in [-0.4, -0.2) is 28.4 Å². The monoisotopic (exact) mass is 648 g/mol. The molecular formula is C28H20Cl4N4O2S2. The number of allylic oxidation sites excluding steroid dienone is 3. The molecule has 0 spiro atoms. The lowest BCUT2D eigenvalue weighted by molar-refractivity contribution is 0.0945. The van der Waals surface area contributed by atoms with Crippen molar-refractivity contribution in [3.8, 4) is 0 Å². The lowest BCUT2D eigenvalue weighted by Crippen LogP contribution is -2.29. The van der Waals surface area contributed by atoms with Gasteiger partial charge >= 0.3 is 0 Å². The van der Waals surface area contributed by atoms with Crippen molar-refractivity contribution in [1.82, 2.24) is 10.9 Å². The summed E-state index contributed by atoms with van der Waals surface area (Å²) in [5.74, 6) is -1.17. The Bertz CT molecular complexity index is 1520. The van der Waals surface area contributed by atoms with Crippen molar-refractivity contribution < 1.29 is 9.59 Å². The molecule has 0 radical (unpaired) electrons. The van der Waals surface area contributed by atoms with E-state index in [1.807, 2.05) is 12.1 Å². The minimum Gasteiger partial charge on any atom is -0.267 e.